The summed E-state index contributed by atoms with van der Waals surface area (Å²) in [5, 5.41) is 14.5. The van der Waals surface area contributed by atoms with E-state index in [1.807, 2.05) is 0 Å². The van der Waals surface area contributed by atoms with Crippen molar-refractivity contribution in [3.8, 4) is 0 Å². The number of hydrogen-bond donors (Lipinski definition) is 1. The second kappa shape index (κ2) is 4.01. The standard InChI is InChI=1S/C9H12N6O/c1-2-7(16-3-1)4-11-8-5-10-6-9-12-13-14-15(8)9/h5-7,11H,1-4H2. The Morgan fingerprint density at radius 2 is 2.50 bits per heavy atom. The molecule has 1 aliphatic rings. The van der Waals surface area contributed by atoms with Gasteiger partial charge in [0.2, 0.25) is 0 Å². The summed E-state index contributed by atoms with van der Waals surface area (Å²) in [6.07, 6.45) is 5.85. The maximum Gasteiger partial charge on any atom is 0.199 e. The third-order valence-electron chi connectivity index (χ3n) is 2.64. The average Bonchev–Trinajstić information content (AvgIpc) is 2.97. The minimum atomic E-state index is 0.284. The van der Waals surface area contributed by atoms with E-state index in [0.717, 1.165) is 31.8 Å². The van der Waals surface area contributed by atoms with Crippen LogP contribution < -0.4 is 5.32 Å². The lowest BCUT2D eigenvalue weighted by atomic mass is 10.2. The van der Waals surface area contributed by atoms with Gasteiger partial charge in [-0.05, 0) is 23.3 Å². The Hall–Kier alpha value is -1.76. The topological polar surface area (TPSA) is 77.2 Å². The summed E-state index contributed by atoms with van der Waals surface area (Å²) in [7, 11) is 0. The maximum atomic E-state index is 5.52. The van der Waals surface area contributed by atoms with Gasteiger partial charge in [0, 0.05) is 13.2 Å². The summed E-state index contributed by atoms with van der Waals surface area (Å²) >= 11 is 0. The Kier molecular flexibility index (Phi) is 2.37. The van der Waals surface area contributed by atoms with Crippen molar-refractivity contribution in [2.45, 2.75) is 18.9 Å². The van der Waals surface area contributed by atoms with E-state index in [-0.39, 0.29) is 6.10 Å². The van der Waals surface area contributed by atoms with Gasteiger partial charge in [0.1, 0.15) is 0 Å². The summed E-state index contributed by atoms with van der Waals surface area (Å²) in [6, 6.07) is 0. The number of rotatable bonds is 3. The lowest BCUT2D eigenvalue weighted by Gasteiger charge is -2.11. The number of tetrazole rings is 1. The third kappa shape index (κ3) is 1.69. The molecule has 2 aromatic heterocycles. The number of anilines is 1. The van der Waals surface area contributed by atoms with Crippen molar-refractivity contribution in [1.29, 1.82) is 0 Å². The van der Waals surface area contributed by atoms with E-state index < -0.39 is 0 Å². The van der Waals surface area contributed by atoms with Crippen molar-refractivity contribution in [3.63, 3.8) is 0 Å². The van der Waals surface area contributed by atoms with Gasteiger partial charge in [0.05, 0.1) is 18.5 Å². The van der Waals surface area contributed by atoms with Gasteiger partial charge in [-0.1, -0.05) is 0 Å². The molecule has 3 rings (SSSR count). The predicted molar refractivity (Wildman–Crippen MR) is 56.0 cm³/mol. The van der Waals surface area contributed by atoms with Crippen LogP contribution >= 0.6 is 0 Å². The highest BCUT2D eigenvalue weighted by molar-refractivity contribution is 5.43. The van der Waals surface area contributed by atoms with Crippen LogP contribution in [-0.4, -0.2) is 44.3 Å². The monoisotopic (exact) mass is 220 g/mol. The third-order valence-corrected chi connectivity index (χ3v) is 2.64. The molecule has 1 atom stereocenters. The molecule has 1 N–H and O–H groups in total. The molecule has 0 aliphatic carbocycles. The summed E-state index contributed by atoms with van der Waals surface area (Å²) in [4.78, 5) is 4.06. The van der Waals surface area contributed by atoms with E-state index in [1.54, 1.807) is 16.9 Å². The molecule has 7 nitrogen and oxygen atoms in total. The first-order valence-corrected chi connectivity index (χ1v) is 5.31. The number of nitrogens with zero attached hydrogens (tertiary/aromatic N) is 5. The fourth-order valence-electron chi connectivity index (χ4n) is 1.82. The maximum absolute atomic E-state index is 5.52. The first-order chi connectivity index (χ1) is 7.93. The van der Waals surface area contributed by atoms with Crippen molar-refractivity contribution in [2.75, 3.05) is 18.5 Å². The van der Waals surface area contributed by atoms with Gasteiger partial charge >= 0.3 is 0 Å². The molecule has 1 saturated heterocycles. The molecule has 0 radical (unpaired) electrons. The molecule has 0 saturated carbocycles. The van der Waals surface area contributed by atoms with Crippen LogP contribution in [0.3, 0.4) is 0 Å². The van der Waals surface area contributed by atoms with Gasteiger partial charge in [-0.2, -0.15) is 4.52 Å². The van der Waals surface area contributed by atoms with Crippen LogP contribution in [0.2, 0.25) is 0 Å². The second-order valence-corrected chi connectivity index (χ2v) is 3.76. The van der Waals surface area contributed by atoms with Crippen LogP contribution in [0.25, 0.3) is 5.65 Å². The van der Waals surface area contributed by atoms with Crippen LogP contribution in [0.4, 0.5) is 5.82 Å². The molecule has 2 aromatic rings. The zero-order chi connectivity index (χ0) is 10.8. The largest absolute Gasteiger partial charge is 0.376 e. The van der Waals surface area contributed by atoms with E-state index >= 15 is 0 Å². The normalized spacial score (nSPS) is 20.4. The molecule has 1 aliphatic heterocycles. The van der Waals surface area contributed by atoms with Gasteiger partial charge in [0.15, 0.2) is 11.5 Å². The van der Waals surface area contributed by atoms with Crippen molar-refractivity contribution >= 4 is 11.5 Å². The van der Waals surface area contributed by atoms with Gasteiger partial charge in [-0.3, -0.25) is 4.98 Å². The number of fused-ring (bicyclic) bond motifs is 1. The van der Waals surface area contributed by atoms with Crippen LogP contribution in [0.5, 0.6) is 0 Å². The molecule has 0 spiro atoms. The highest BCUT2D eigenvalue weighted by atomic mass is 16.5. The minimum absolute atomic E-state index is 0.284. The Bertz CT molecular complexity index is 478. The van der Waals surface area contributed by atoms with Crippen molar-refractivity contribution < 1.29 is 4.74 Å². The molecule has 1 fully saturated rings. The number of aromatic nitrogens is 5. The quantitative estimate of drug-likeness (QED) is 0.791. The lowest BCUT2D eigenvalue weighted by Crippen LogP contribution is -2.20. The molecule has 0 aromatic carbocycles. The van der Waals surface area contributed by atoms with Crippen LogP contribution in [0.15, 0.2) is 12.4 Å². The molecule has 7 heteroatoms. The molecule has 0 amide bonds. The smallest absolute Gasteiger partial charge is 0.199 e. The molecule has 1 unspecified atom stereocenters. The minimum Gasteiger partial charge on any atom is -0.376 e. The van der Waals surface area contributed by atoms with Gasteiger partial charge < -0.3 is 10.1 Å². The van der Waals surface area contributed by atoms with Crippen molar-refractivity contribution in [1.82, 2.24) is 25.0 Å². The number of nitrogens with one attached hydrogen (secondary N) is 1. The lowest BCUT2D eigenvalue weighted by molar-refractivity contribution is 0.120. The zero-order valence-electron chi connectivity index (χ0n) is 8.70. The summed E-state index contributed by atoms with van der Waals surface area (Å²) < 4.78 is 7.15. The fourth-order valence-corrected chi connectivity index (χ4v) is 1.82. The van der Waals surface area contributed by atoms with Crippen LogP contribution in [0.1, 0.15) is 12.8 Å². The second-order valence-electron chi connectivity index (χ2n) is 3.76. The van der Waals surface area contributed by atoms with Crippen molar-refractivity contribution in [3.05, 3.63) is 12.4 Å². The number of hydrogen-bond acceptors (Lipinski definition) is 6. The average molecular weight is 220 g/mol. The molecule has 3 heterocycles. The van der Waals surface area contributed by atoms with Crippen LogP contribution in [-0.2, 0) is 4.74 Å². The number of ether oxygens (including phenoxy) is 1. The van der Waals surface area contributed by atoms with E-state index in [9.17, 15) is 0 Å². The SMILES string of the molecule is c1ncc2nnnn2c1NCC1CCCO1. The summed E-state index contributed by atoms with van der Waals surface area (Å²) in [6.45, 7) is 1.63. The molecule has 16 heavy (non-hydrogen) atoms. The molecular formula is C9H12N6O. The summed E-state index contributed by atoms with van der Waals surface area (Å²) in [5.41, 5.74) is 0.636. The van der Waals surface area contributed by atoms with E-state index in [0.29, 0.717) is 5.65 Å². The van der Waals surface area contributed by atoms with Gasteiger partial charge in [-0.25, -0.2) is 0 Å². The molecular weight excluding hydrogens is 208 g/mol. The molecule has 84 valence electrons. The van der Waals surface area contributed by atoms with Gasteiger partial charge in [0.25, 0.3) is 0 Å². The fraction of sp³-hybridized carbons (Fsp3) is 0.556. The van der Waals surface area contributed by atoms with Gasteiger partial charge in [-0.15, -0.1) is 5.10 Å². The van der Waals surface area contributed by atoms with Crippen LogP contribution in [0, 0.1) is 0 Å². The van der Waals surface area contributed by atoms with Crippen molar-refractivity contribution in [2.24, 2.45) is 0 Å². The van der Waals surface area contributed by atoms with E-state index in [4.69, 9.17) is 4.74 Å². The highest BCUT2D eigenvalue weighted by Crippen LogP contribution is 2.13. The molecule has 0 bridgehead atoms. The van der Waals surface area contributed by atoms with E-state index in [2.05, 4.69) is 25.8 Å². The Labute approximate surface area is 91.8 Å². The first kappa shape index (κ1) is 9.46. The Morgan fingerprint density at radius 3 is 3.38 bits per heavy atom. The highest BCUT2D eigenvalue weighted by Gasteiger charge is 2.15. The zero-order valence-corrected chi connectivity index (χ0v) is 8.70. The van der Waals surface area contributed by atoms with E-state index in [1.165, 1.54) is 0 Å². The Balaban J connectivity index is 1.75. The predicted octanol–water partition coefficient (Wildman–Crippen LogP) is 0.110. The Morgan fingerprint density at radius 1 is 1.50 bits per heavy atom. The first-order valence-electron chi connectivity index (χ1n) is 5.31. The summed E-state index contributed by atoms with van der Waals surface area (Å²) in [5.74, 6) is 0.790.